The minimum absolute atomic E-state index is 0.157. The lowest BCUT2D eigenvalue weighted by atomic mass is 9.84. The van der Waals surface area contributed by atoms with Crippen LogP contribution in [0.15, 0.2) is 53.6 Å². The molecule has 7 heteroatoms. The van der Waals surface area contributed by atoms with Gasteiger partial charge in [-0.15, -0.1) is 0 Å². The number of hydrazone groups is 1. The summed E-state index contributed by atoms with van der Waals surface area (Å²) in [6.45, 7) is 0. The van der Waals surface area contributed by atoms with Crippen molar-refractivity contribution in [2.75, 3.05) is 14.2 Å². The lowest BCUT2D eigenvalue weighted by Crippen LogP contribution is -2.37. The van der Waals surface area contributed by atoms with Crippen LogP contribution in [0.3, 0.4) is 0 Å². The van der Waals surface area contributed by atoms with Crippen molar-refractivity contribution in [3.05, 3.63) is 64.7 Å². The van der Waals surface area contributed by atoms with Crippen LogP contribution in [0.5, 0.6) is 5.75 Å². The Morgan fingerprint density at radius 2 is 1.69 bits per heavy atom. The molecule has 2 aromatic rings. The zero-order valence-electron chi connectivity index (χ0n) is 14.2. The number of nitrogens with one attached hydrogen (secondary N) is 1. The molecule has 26 heavy (non-hydrogen) atoms. The largest absolute Gasteiger partial charge is 0.497 e. The minimum Gasteiger partial charge on any atom is -0.497 e. The summed E-state index contributed by atoms with van der Waals surface area (Å²) in [6, 6.07) is 13.0. The number of hydrogen-bond donors (Lipinski definition) is 1. The number of ether oxygens (including phenoxy) is 2. The zero-order valence-corrected chi connectivity index (χ0v) is 15.0. The normalized spacial score (nSPS) is 18.7. The second-order valence-electron chi connectivity index (χ2n) is 5.72. The van der Waals surface area contributed by atoms with Gasteiger partial charge in [0.15, 0.2) is 11.5 Å². The third-order valence-corrected chi connectivity index (χ3v) is 4.48. The van der Waals surface area contributed by atoms with Crippen LogP contribution in [0, 0.1) is 0 Å². The first-order valence-electron chi connectivity index (χ1n) is 7.90. The van der Waals surface area contributed by atoms with E-state index >= 15 is 0 Å². The Labute approximate surface area is 155 Å². The molecule has 0 amide bonds. The molecule has 1 aliphatic rings. The summed E-state index contributed by atoms with van der Waals surface area (Å²) >= 11 is 5.89. The van der Waals surface area contributed by atoms with Gasteiger partial charge in [0, 0.05) is 10.6 Å². The molecule has 0 fully saturated rings. The molecule has 1 heterocycles. The van der Waals surface area contributed by atoms with Gasteiger partial charge in [-0.3, -0.25) is 10.2 Å². The fourth-order valence-corrected chi connectivity index (χ4v) is 3.01. The number of benzene rings is 2. The molecular formula is C19H17ClN2O4. The van der Waals surface area contributed by atoms with Gasteiger partial charge in [0.25, 0.3) is 0 Å². The van der Waals surface area contributed by atoms with Crippen molar-refractivity contribution < 1.29 is 19.1 Å². The van der Waals surface area contributed by atoms with Crippen molar-refractivity contribution in [3.63, 3.8) is 0 Å². The van der Waals surface area contributed by atoms with Gasteiger partial charge in [-0.1, -0.05) is 23.7 Å². The van der Waals surface area contributed by atoms with Gasteiger partial charge in [-0.25, -0.2) is 4.79 Å². The zero-order chi connectivity index (χ0) is 18.7. The molecule has 1 aliphatic heterocycles. The smallest absolute Gasteiger partial charge is 0.354 e. The van der Waals surface area contributed by atoms with Crippen molar-refractivity contribution in [2.24, 2.45) is 5.10 Å². The van der Waals surface area contributed by atoms with Crippen LogP contribution in [0.25, 0.3) is 0 Å². The number of methoxy groups -OCH3 is 2. The standard InChI is InChI=1S/C19H17ClN2O4/c1-25-14-9-5-11(6-10-14)15-16(21-22-17(15)19(24)26-2)18(23)12-3-7-13(20)8-4-12/h3-10,15-16,21H,1-2H3/t15-,16+/m1/s1. The molecule has 6 nitrogen and oxygen atoms in total. The van der Waals surface area contributed by atoms with Crippen LogP contribution in [0.4, 0.5) is 0 Å². The number of carbonyl (C=O) groups excluding carboxylic acids is 2. The molecule has 3 rings (SSSR count). The molecule has 0 aromatic heterocycles. The molecule has 0 saturated heterocycles. The predicted molar refractivity (Wildman–Crippen MR) is 97.9 cm³/mol. The molecule has 0 saturated carbocycles. The average Bonchev–Trinajstić information content (AvgIpc) is 3.12. The Hall–Kier alpha value is -2.86. The van der Waals surface area contributed by atoms with Crippen molar-refractivity contribution in [2.45, 2.75) is 12.0 Å². The maximum absolute atomic E-state index is 13.0. The highest BCUT2D eigenvalue weighted by atomic mass is 35.5. The van der Waals surface area contributed by atoms with E-state index in [0.29, 0.717) is 16.3 Å². The third kappa shape index (κ3) is 3.41. The highest BCUT2D eigenvalue weighted by Gasteiger charge is 2.41. The average molecular weight is 373 g/mol. The summed E-state index contributed by atoms with van der Waals surface area (Å²) in [5.41, 5.74) is 4.18. The Morgan fingerprint density at radius 3 is 2.27 bits per heavy atom. The molecule has 0 spiro atoms. The number of ketones is 1. The van der Waals surface area contributed by atoms with Crippen LogP contribution in [-0.4, -0.2) is 37.7 Å². The van der Waals surface area contributed by atoms with E-state index in [1.54, 1.807) is 55.6 Å². The Kier molecular flexibility index (Phi) is 5.23. The number of rotatable bonds is 5. The Balaban J connectivity index is 1.96. The van der Waals surface area contributed by atoms with E-state index in [9.17, 15) is 9.59 Å². The SMILES string of the molecule is COC(=O)C1=NN[C@H](C(=O)c2ccc(Cl)cc2)[C@H]1c1ccc(OC)cc1. The molecule has 1 N–H and O–H groups in total. The molecular weight excluding hydrogens is 356 g/mol. The molecule has 0 bridgehead atoms. The number of Topliss-reactive ketones (excluding diaryl/α,β-unsaturated/α-hetero) is 1. The van der Waals surface area contributed by atoms with E-state index in [4.69, 9.17) is 21.1 Å². The summed E-state index contributed by atoms with van der Waals surface area (Å²) in [5.74, 6) is -0.664. The summed E-state index contributed by atoms with van der Waals surface area (Å²) in [5, 5.41) is 4.61. The third-order valence-electron chi connectivity index (χ3n) is 4.23. The van der Waals surface area contributed by atoms with E-state index < -0.39 is 17.9 Å². The van der Waals surface area contributed by atoms with E-state index in [0.717, 1.165) is 5.56 Å². The second-order valence-corrected chi connectivity index (χ2v) is 6.15. The lowest BCUT2D eigenvalue weighted by molar-refractivity contribution is -0.132. The fourth-order valence-electron chi connectivity index (χ4n) is 2.88. The van der Waals surface area contributed by atoms with Gasteiger partial charge in [0.2, 0.25) is 0 Å². The van der Waals surface area contributed by atoms with Gasteiger partial charge < -0.3 is 9.47 Å². The summed E-state index contributed by atoms with van der Waals surface area (Å²) in [6.07, 6.45) is 0. The van der Waals surface area contributed by atoms with Crippen molar-refractivity contribution in [3.8, 4) is 5.75 Å². The monoisotopic (exact) mass is 372 g/mol. The molecule has 0 radical (unpaired) electrons. The Bertz CT molecular complexity index is 847. The van der Waals surface area contributed by atoms with E-state index in [-0.39, 0.29) is 11.5 Å². The first kappa shape index (κ1) is 17.9. The van der Waals surface area contributed by atoms with Crippen LogP contribution in [0.2, 0.25) is 5.02 Å². The molecule has 2 aromatic carbocycles. The number of hydrogen-bond acceptors (Lipinski definition) is 6. The topological polar surface area (TPSA) is 77.0 Å². The highest BCUT2D eigenvalue weighted by molar-refractivity contribution is 6.40. The van der Waals surface area contributed by atoms with Gasteiger partial charge >= 0.3 is 5.97 Å². The molecule has 0 aliphatic carbocycles. The van der Waals surface area contributed by atoms with Crippen LogP contribution >= 0.6 is 11.6 Å². The van der Waals surface area contributed by atoms with Gasteiger partial charge in [-0.2, -0.15) is 5.10 Å². The quantitative estimate of drug-likeness (QED) is 0.645. The minimum atomic E-state index is -0.723. The molecule has 134 valence electrons. The predicted octanol–water partition coefficient (Wildman–Crippen LogP) is 2.82. The lowest BCUT2D eigenvalue weighted by Gasteiger charge is -2.20. The maximum Gasteiger partial charge on any atom is 0.354 e. The number of carbonyl (C=O) groups is 2. The van der Waals surface area contributed by atoms with E-state index in [1.807, 2.05) is 0 Å². The van der Waals surface area contributed by atoms with Crippen LogP contribution < -0.4 is 10.2 Å². The van der Waals surface area contributed by atoms with Crippen molar-refractivity contribution >= 4 is 29.1 Å². The Morgan fingerprint density at radius 1 is 1.04 bits per heavy atom. The van der Waals surface area contributed by atoms with E-state index in [1.165, 1.54) is 7.11 Å². The van der Waals surface area contributed by atoms with Crippen LogP contribution in [0.1, 0.15) is 21.8 Å². The van der Waals surface area contributed by atoms with Gasteiger partial charge in [0.1, 0.15) is 11.8 Å². The fraction of sp³-hybridized carbons (Fsp3) is 0.211. The number of nitrogens with zero attached hydrogens (tertiary/aromatic N) is 1. The number of halogens is 1. The second kappa shape index (κ2) is 7.58. The first-order valence-corrected chi connectivity index (χ1v) is 8.28. The maximum atomic E-state index is 13.0. The molecule has 0 unspecified atom stereocenters. The highest BCUT2D eigenvalue weighted by Crippen LogP contribution is 2.30. The van der Waals surface area contributed by atoms with Crippen molar-refractivity contribution in [1.82, 2.24) is 5.43 Å². The van der Waals surface area contributed by atoms with E-state index in [2.05, 4.69) is 10.5 Å². The van der Waals surface area contributed by atoms with Gasteiger partial charge in [0.05, 0.1) is 20.1 Å². The summed E-state index contributed by atoms with van der Waals surface area (Å²) < 4.78 is 9.98. The number of esters is 1. The molecule has 2 atom stereocenters. The summed E-state index contributed by atoms with van der Waals surface area (Å²) in [7, 11) is 2.85. The van der Waals surface area contributed by atoms with Crippen molar-refractivity contribution in [1.29, 1.82) is 0 Å². The summed E-state index contributed by atoms with van der Waals surface area (Å²) in [4.78, 5) is 25.1. The van der Waals surface area contributed by atoms with Crippen LogP contribution in [-0.2, 0) is 9.53 Å². The first-order chi connectivity index (χ1) is 12.5. The van der Waals surface area contributed by atoms with Gasteiger partial charge in [-0.05, 0) is 42.0 Å².